The van der Waals surface area contributed by atoms with Gasteiger partial charge in [-0.2, -0.15) is 0 Å². The zero-order chi connectivity index (χ0) is 13.7. The predicted octanol–water partition coefficient (Wildman–Crippen LogP) is 4.50. The van der Waals surface area contributed by atoms with Crippen LogP contribution >= 0.6 is 24.2 Å². The third-order valence-corrected chi connectivity index (χ3v) is 3.80. The number of benzene rings is 2. The van der Waals surface area contributed by atoms with E-state index in [1.807, 2.05) is 30.3 Å². The summed E-state index contributed by atoms with van der Waals surface area (Å²) in [5.41, 5.74) is 1.12. The molecular weight excluding hydrogens is 296 g/mol. The number of nitro benzene ring substituents is 1. The first-order valence-electron chi connectivity index (χ1n) is 5.67. The fraction of sp³-hybridized carbons (Fsp3) is 0.0714. The summed E-state index contributed by atoms with van der Waals surface area (Å²) in [5, 5.41) is 18.0. The molecule has 0 saturated heterocycles. The topological polar surface area (TPSA) is 67.0 Å². The number of nitrogens with zero attached hydrogens (tertiary/aromatic N) is 1. The molecule has 0 aliphatic heterocycles. The van der Waals surface area contributed by atoms with Crippen molar-refractivity contribution in [2.45, 2.75) is 10.1 Å². The lowest BCUT2D eigenvalue weighted by molar-refractivity contribution is -0.384. The van der Waals surface area contributed by atoms with Crippen LogP contribution < -0.4 is 0 Å². The molecule has 0 aliphatic carbocycles. The first kappa shape index (κ1) is 16.2. The number of thioether (sulfide) groups is 1. The van der Waals surface area contributed by atoms with Gasteiger partial charge in [0.2, 0.25) is 0 Å². The van der Waals surface area contributed by atoms with Crippen molar-refractivity contribution < 1.29 is 4.92 Å². The Morgan fingerprint density at radius 1 is 1.10 bits per heavy atom. The molecule has 2 rings (SSSR count). The second-order valence-electron chi connectivity index (χ2n) is 3.87. The maximum absolute atomic E-state index is 10.6. The quantitative estimate of drug-likeness (QED) is 0.383. The van der Waals surface area contributed by atoms with E-state index in [4.69, 9.17) is 5.41 Å². The lowest BCUT2D eigenvalue weighted by Gasteiger charge is -2.11. The number of nitrogens with one attached hydrogen (secondary N) is 1. The lowest BCUT2D eigenvalue weighted by Crippen LogP contribution is -1.94. The van der Waals surface area contributed by atoms with E-state index < -0.39 is 4.92 Å². The van der Waals surface area contributed by atoms with Crippen LogP contribution in [0.25, 0.3) is 0 Å². The van der Waals surface area contributed by atoms with Crippen LogP contribution in [-0.4, -0.2) is 11.1 Å². The second kappa shape index (κ2) is 7.67. The molecule has 0 heterocycles. The van der Waals surface area contributed by atoms with Gasteiger partial charge in [-0.05, 0) is 17.7 Å². The van der Waals surface area contributed by atoms with Gasteiger partial charge in [0.1, 0.15) is 0 Å². The molecule has 20 heavy (non-hydrogen) atoms. The fourth-order valence-corrected chi connectivity index (χ4v) is 2.58. The van der Waals surface area contributed by atoms with Gasteiger partial charge >= 0.3 is 0 Å². The summed E-state index contributed by atoms with van der Waals surface area (Å²) in [6.07, 6.45) is 1.38. The molecule has 0 radical (unpaired) electrons. The molecule has 104 valence electrons. The van der Waals surface area contributed by atoms with Gasteiger partial charge in [-0.3, -0.25) is 10.1 Å². The van der Waals surface area contributed by atoms with Gasteiger partial charge < -0.3 is 5.41 Å². The minimum atomic E-state index is -0.417. The van der Waals surface area contributed by atoms with Gasteiger partial charge in [-0.1, -0.05) is 30.3 Å². The molecule has 0 amide bonds. The summed E-state index contributed by atoms with van der Waals surface area (Å²) in [6.45, 7) is 0. The van der Waals surface area contributed by atoms with Crippen LogP contribution in [0.3, 0.4) is 0 Å². The number of rotatable bonds is 5. The summed E-state index contributed by atoms with van der Waals surface area (Å²) in [7, 11) is 0. The predicted molar refractivity (Wildman–Crippen MR) is 84.2 cm³/mol. The third kappa shape index (κ3) is 4.08. The zero-order valence-electron chi connectivity index (χ0n) is 10.4. The van der Waals surface area contributed by atoms with Crippen molar-refractivity contribution >= 4 is 36.1 Å². The van der Waals surface area contributed by atoms with Crippen LogP contribution in [-0.2, 0) is 0 Å². The lowest BCUT2D eigenvalue weighted by atomic mass is 10.2. The van der Waals surface area contributed by atoms with E-state index >= 15 is 0 Å². The molecule has 4 nitrogen and oxygen atoms in total. The Labute approximate surface area is 127 Å². The Kier molecular flexibility index (Phi) is 6.21. The first-order valence-corrected chi connectivity index (χ1v) is 6.55. The standard InChI is InChI=1S/C14H12N2O2S.ClH/c15-10-14(11-4-2-1-3-5-11)19-13-8-6-12(7-9-13)16(17)18;/h1-10,14-15H;1H. The molecular formula is C14H13ClN2O2S. The van der Waals surface area contributed by atoms with Crippen molar-refractivity contribution in [3.05, 3.63) is 70.3 Å². The van der Waals surface area contributed by atoms with Gasteiger partial charge in [0, 0.05) is 23.2 Å². The molecule has 1 unspecified atom stereocenters. The second-order valence-corrected chi connectivity index (χ2v) is 5.08. The number of halogens is 1. The highest BCUT2D eigenvalue weighted by molar-refractivity contribution is 8.00. The average molecular weight is 309 g/mol. The number of hydrogen-bond acceptors (Lipinski definition) is 4. The maximum atomic E-state index is 10.6. The van der Waals surface area contributed by atoms with E-state index in [1.54, 1.807) is 12.1 Å². The van der Waals surface area contributed by atoms with Crippen LogP contribution in [0.15, 0.2) is 59.5 Å². The summed E-state index contributed by atoms with van der Waals surface area (Å²) >= 11 is 1.50. The molecule has 0 aromatic heterocycles. The summed E-state index contributed by atoms with van der Waals surface area (Å²) in [6, 6.07) is 16.1. The summed E-state index contributed by atoms with van der Waals surface area (Å²) in [4.78, 5) is 11.1. The Hall–Kier alpha value is -1.85. The Bertz CT molecular complexity index is 575. The molecule has 2 aromatic rings. The molecule has 0 saturated carbocycles. The third-order valence-electron chi connectivity index (χ3n) is 2.59. The number of hydrogen-bond donors (Lipinski definition) is 1. The minimum absolute atomic E-state index is 0. The van der Waals surface area contributed by atoms with Crippen molar-refractivity contribution in [1.82, 2.24) is 0 Å². The molecule has 0 bridgehead atoms. The summed E-state index contributed by atoms with van der Waals surface area (Å²) in [5.74, 6) is 0. The molecule has 0 spiro atoms. The van der Waals surface area contributed by atoms with Crippen LogP contribution in [0.5, 0.6) is 0 Å². The van der Waals surface area contributed by atoms with Gasteiger partial charge in [-0.25, -0.2) is 0 Å². The Morgan fingerprint density at radius 3 is 2.20 bits per heavy atom. The van der Waals surface area contributed by atoms with E-state index in [-0.39, 0.29) is 23.3 Å². The van der Waals surface area contributed by atoms with Crippen molar-refractivity contribution in [3.8, 4) is 0 Å². The number of non-ortho nitro benzene ring substituents is 1. The average Bonchev–Trinajstić information content (AvgIpc) is 2.46. The van der Waals surface area contributed by atoms with E-state index in [0.717, 1.165) is 10.5 Å². The molecule has 1 atom stereocenters. The monoisotopic (exact) mass is 308 g/mol. The van der Waals surface area contributed by atoms with Gasteiger partial charge in [0.25, 0.3) is 5.69 Å². The summed E-state index contributed by atoms with van der Waals surface area (Å²) < 4.78 is 0. The van der Waals surface area contributed by atoms with E-state index in [9.17, 15) is 10.1 Å². The minimum Gasteiger partial charge on any atom is -0.312 e. The fourth-order valence-electron chi connectivity index (χ4n) is 1.63. The highest BCUT2D eigenvalue weighted by Gasteiger charge is 2.11. The van der Waals surface area contributed by atoms with Crippen molar-refractivity contribution in [1.29, 1.82) is 5.41 Å². The molecule has 2 aromatic carbocycles. The van der Waals surface area contributed by atoms with Crippen LogP contribution in [0.4, 0.5) is 5.69 Å². The van der Waals surface area contributed by atoms with E-state index in [0.29, 0.717) is 0 Å². The van der Waals surface area contributed by atoms with Gasteiger partial charge in [0.15, 0.2) is 0 Å². The van der Waals surface area contributed by atoms with Crippen molar-refractivity contribution in [2.24, 2.45) is 0 Å². The van der Waals surface area contributed by atoms with Crippen LogP contribution in [0.1, 0.15) is 10.8 Å². The molecule has 1 N–H and O–H groups in total. The van der Waals surface area contributed by atoms with Crippen LogP contribution in [0, 0.1) is 15.5 Å². The van der Waals surface area contributed by atoms with E-state index in [2.05, 4.69) is 0 Å². The highest BCUT2D eigenvalue weighted by Crippen LogP contribution is 2.34. The highest BCUT2D eigenvalue weighted by atomic mass is 35.5. The molecule has 0 fully saturated rings. The normalized spacial score (nSPS) is 11.2. The Balaban J connectivity index is 0.00000200. The van der Waals surface area contributed by atoms with Crippen molar-refractivity contribution in [3.63, 3.8) is 0 Å². The largest absolute Gasteiger partial charge is 0.312 e. The molecule has 6 heteroatoms. The smallest absolute Gasteiger partial charge is 0.269 e. The van der Waals surface area contributed by atoms with E-state index in [1.165, 1.54) is 30.1 Å². The Morgan fingerprint density at radius 2 is 1.70 bits per heavy atom. The molecule has 0 aliphatic rings. The number of nitro groups is 1. The maximum Gasteiger partial charge on any atom is 0.269 e. The van der Waals surface area contributed by atoms with Gasteiger partial charge in [-0.15, -0.1) is 24.2 Å². The SMILES string of the molecule is Cl.N=CC(Sc1ccc([N+](=O)[O-])cc1)c1ccccc1. The van der Waals surface area contributed by atoms with Crippen LogP contribution in [0.2, 0.25) is 0 Å². The van der Waals surface area contributed by atoms with Gasteiger partial charge in [0.05, 0.1) is 10.2 Å². The first-order chi connectivity index (χ1) is 9.20. The zero-order valence-corrected chi connectivity index (χ0v) is 12.1. The van der Waals surface area contributed by atoms with Crippen molar-refractivity contribution in [2.75, 3.05) is 0 Å².